The first-order chi connectivity index (χ1) is 9.02. The highest BCUT2D eigenvalue weighted by Gasteiger charge is 2.12. The van der Waals surface area contributed by atoms with Gasteiger partial charge in [-0.15, -0.1) is 0 Å². The van der Waals surface area contributed by atoms with E-state index in [4.69, 9.17) is 4.74 Å². The molecule has 0 aromatic heterocycles. The molecule has 0 fully saturated rings. The standard InChI is InChI=1S/C13H17NO5/c1-2-19-13(16)9-12(15)8-5-10-3-6-11(7-4-10)14(17)18/h3-4,6-7,12,15H,2,5,8-9H2,1H3/t12-/m1/s1. The van der Waals surface area contributed by atoms with Crippen molar-refractivity contribution in [1.29, 1.82) is 0 Å². The molecule has 6 heteroatoms. The molecule has 1 atom stereocenters. The number of aryl methyl sites for hydroxylation is 1. The van der Waals surface area contributed by atoms with Gasteiger partial charge in [-0.2, -0.15) is 0 Å². The Bertz CT molecular complexity index is 429. The number of rotatable bonds is 7. The molecular weight excluding hydrogens is 250 g/mol. The fraction of sp³-hybridized carbons (Fsp3) is 0.462. The molecule has 0 saturated carbocycles. The quantitative estimate of drug-likeness (QED) is 0.462. The fourth-order valence-electron chi connectivity index (χ4n) is 1.63. The Hall–Kier alpha value is -1.95. The van der Waals surface area contributed by atoms with Gasteiger partial charge in [-0.25, -0.2) is 0 Å². The van der Waals surface area contributed by atoms with Gasteiger partial charge in [-0.1, -0.05) is 12.1 Å². The molecule has 1 aromatic carbocycles. The lowest BCUT2D eigenvalue weighted by Gasteiger charge is -2.09. The van der Waals surface area contributed by atoms with Crippen molar-refractivity contribution in [3.05, 3.63) is 39.9 Å². The number of nitro groups is 1. The van der Waals surface area contributed by atoms with E-state index in [0.717, 1.165) is 5.56 Å². The van der Waals surface area contributed by atoms with Crippen LogP contribution in [0.4, 0.5) is 5.69 Å². The van der Waals surface area contributed by atoms with Crippen molar-refractivity contribution in [2.45, 2.75) is 32.3 Å². The van der Waals surface area contributed by atoms with Gasteiger partial charge in [-0.05, 0) is 25.3 Å². The van der Waals surface area contributed by atoms with Crippen LogP contribution < -0.4 is 0 Å². The smallest absolute Gasteiger partial charge is 0.308 e. The number of aliphatic hydroxyl groups excluding tert-OH is 1. The number of hydrogen-bond donors (Lipinski definition) is 1. The Labute approximate surface area is 111 Å². The molecule has 0 bridgehead atoms. The van der Waals surface area contributed by atoms with Gasteiger partial charge in [0.2, 0.25) is 0 Å². The van der Waals surface area contributed by atoms with E-state index in [-0.39, 0.29) is 12.1 Å². The van der Waals surface area contributed by atoms with Crippen molar-refractivity contribution >= 4 is 11.7 Å². The van der Waals surface area contributed by atoms with Gasteiger partial charge in [0.15, 0.2) is 0 Å². The van der Waals surface area contributed by atoms with Crippen LogP contribution in [0, 0.1) is 10.1 Å². The van der Waals surface area contributed by atoms with E-state index in [9.17, 15) is 20.0 Å². The zero-order valence-electron chi connectivity index (χ0n) is 10.7. The van der Waals surface area contributed by atoms with E-state index in [1.165, 1.54) is 12.1 Å². The van der Waals surface area contributed by atoms with Crippen molar-refractivity contribution < 1.29 is 19.6 Å². The average Bonchev–Trinajstić information content (AvgIpc) is 2.37. The first-order valence-electron chi connectivity index (χ1n) is 6.10. The number of esters is 1. The topological polar surface area (TPSA) is 89.7 Å². The third-order valence-corrected chi connectivity index (χ3v) is 2.62. The van der Waals surface area contributed by atoms with Crippen LogP contribution >= 0.6 is 0 Å². The van der Waals surface area contributed by atoms with Crippen molar-refractivity contribution in [3.63, 3.8) is 0 Å². The maximum atomic E-state index is 11.1. The summed E-state index contributed by atoms with van der Waals surface area (Å²) in [4.78, 5) is 21.1. The van der Waals surface area contributed by atoms with E-state index >= 15 is 0 Å². The van der Waals surface area contributed by atoms with E-state index in [1.54, 1.807) is 19.1 Å². The number of ether oxygens (including phenoxy) is 1. The lowest BCUT2D eigenvalue weighted by atomic mass is 10.0. The molecule has 0 radical (unpaired) electrons. The molecule has 0 unspecified atom stereocenters. The third kappa shape index (κ3) is 5.48. The molecule has 19 heavy (non-hydrogen) atoms. The second-order valence-electron chi connectivity index (χ2n) is 4.13. The van der Waals surface area contributed by atoms with Gasteiger partial charge in [-0.3, -0.25) is 14.9 Å². The first kappa shape index (κ1) is 15.1. The molecule has 6 nitrogen and oxygen atoms in total. The van der Waals surface area contributed by atoms with Crippen LogP contribution in [-0.2, 0) is 16.0 Å². The summed E-state index contributed by atoms with van der Waals surface area (Å²) in [6.45, 7) is 2.01. The summed E-state index contributed by atoms with van der Waals surface area (Å²) in [6.07, 6.45) is 0.185. The molecular formula is C13H17NO5. The van der Waals surface area contributed by atoms with Crippen LogP contribution in [0.15, 0.2) is 24.3 Å². The highest BCUT2D eigenvalue weighted by atomic mass is 16.6. The van der Waals surface area contributed by atoms with Crippen LogP contribution in [0.2, 0.25) is 0 Å². The Kier molecular flexibility index (Phi) is 5.95. The summed E-state index contributed by atoms with van der Waals surface area (Å²) in [7, 11) is 0. The molecule has 0 aliphatic rings. The molecule has 1 aromatic rings. The number of nitro benzene ring substituents is 1. The van der Waals surface area contributed by atoms with E-state index in [2.05, 4.69) is 0 Å². The highest BCUT2D eigenvalue weighted by Crippen LogP contribution is 2.14. The number of aliphatic hydroxyl groups is 1. The predicted molar refractivity (Wildman–Crippen MR) is 68.7 cm³/mol. The van der Waals surface area contributed by atoms with E-state index in [1.807, 2.05) is 0 Å². The van der Waals surface area contributed by atoms with Crippen LogP contribution in [0.1, 0.15) is 25.3 Å². The molecule has 104 valence electrons. The van der Waals surface area contributed by atoms with Crippen LogP contribution in [0.3, 0.4) is 0 Å². The summed E-state index contributed by atoms with van der Waals surface area (Å²) in [6, 6.07) is 6.14. The summed E-state index contributed by atoms with van der Waals surface area (Å²) in [5.74, 6) is -0.418. The number of hydrogen-bond acceptors (Lipinski definition) is 5. The molecule has 0 saturated heterocycles. The minimum absolute atomic E-state index is 0.0270. The summed E-state index contributed by atoms with van der Waals surface area (Å²) >= 11 is 0. The molecule has 0 aliphatic carbocycles. The second-order valence-corrected chi connectivity index (χ2v) is 4.13. The van der Waals surface area contributed by atoms with Gasteiger partial charge in [0.1, 0.15) is 0 Å². The van der Waals surface area contributed by atoms with Crippen molar-refractivity contribution in [2.75, 3.05) is 6.61 Å². The monoisotopic (exact) mass is 267 g/mol. The molecule has 0 heterocycles. The van der Waals surface area contributed by atoms with Gasteiger partial charge in [0.05, 0.1) is 24.1 Å². The minimum Gasteiger partial charge on any atom is -0.466 e. The third-order valence-electron chi connectivity index (χ3n) is 2.62. The SMILES string of the molecule is CCOC(=O)C[C@H](O)CCc1ccc([N+](=O)[O-])cc1. The zero-order valence-corrected chi connectivity index (χ0v) is 10.7. The number of benzene rings is 1. The highest BCUT2D eigenvalue weighted by molar-refractivity contribution is 5.69. The largest absolute Gasteiger partial charge is 0.466 e. The number of carbonyl (C=O) groups is 1. The summed E-state index contributed by atoms with van der Waals surface area (Å²) in [5.41, 5.74) is 0.921. The van der Waals surface area contributed by atoms with Crippen molar-refractivity contribution in [3.8, 4) is 0 Å². The van der Waals surface area contributed by atoms with E-state index < -0.39 is 17.0 Å². The first-order valence-corrected chi connectivity index (χ1v) is 6.10. The van der Waals surface area contributed by atoms with Gasteiger partial charge in [0, 0.05) is 12.1 Å². The van der Waals surface area contributed by atoms with Crippen LogP contribution in [0.5, 0.6) is 0 Å². The maximum absolute atomic E-state index is 11.1. The summed E-state index contributed by atoms with van der Waals surface area (Å²) < 4.78 is 4.73. The van der Waals surface area contributed by atoms with E-state index in [0.29, 0.717) is 19.4 Å². The number of nitrogens with zero attached hydrogens (tertiary/aromatic N) is 1. The predicted octanol–water partition coefficient (Wildman–Crippen LogP) is 1.84. The minimum atomic E-state index is -0.755. The molecule has 1 N–H and O–H groups in total. The lowest BCUT2D eigenvalue weighted by molar-refractivity contribution is -0.384. The zero-order chi connectivity index (χ0) is 14.3. The molecule has 0 aliphatic heterocycles. The van der Waals surface area contributed by atoms with Gasteiger partial charge in [0.25, 0.3) is 5.69 Å². The molecule has 1 rings (SSSR count). The van der Waals surface area contributed by atoms with Crippen LogP contribution in [-0.4, -0.2) is 28.7 Å². The van der Waals surface area contributed by atoms with Gasteiger partial charge >= 0.3 is 5.97 Å². The van der Waals surface area contributed by atoms with Crippen LogP contribution in [0.25, 0.3) is 0 Å². The summed E-state index contributed by atoms with van der Waals surface area (Å²) in [5, 5.41) is 20.1. The molecule has 0 amide bonds. The Morgan fingerprint density at radius 2 is 2.05 bits per heavy atom. The Morgan fingerprint density at radius 3 is 2.58 bits per heavy atom. The average molecular weight is 267 g/mol. The Balaban J connectivity index is 2.39. The Morgan fingerprint density at radius 1 is 1.42 bits per heavy atom. The van der Waals surface area contributed by atoms with Crippen molar-refractivity contribution in [2.24, 2.45) is 0 Å². The lowest BCUT2D eigenvalue weighted by Crippen LogP contribution is -2.16. The fourth-order valence-corrected chi connectivity index (χ4v) is 1.63. The number of non-ortho nitro benzene ring substituents is 1. The normalized spacial score (nSPS) is 11.9. The number of carbonyl (C=O) groups excluding carboxylic acids is 1. The second kappa shape index (κ2) is 7.48. The van der Waals surface area contributed by atoms with Crippen molar-refractivity contribution in [1.82, 2.24) is 0 Å². The molecule has 0 spiro atoms. The maximum Gasteiger partial charge on any atom is 0.308 e. The van der Waals surface area contributed by atoms with Gasteiger partial charge < -0.3 is 9.84 Å².